The van der Waals surface area contributed by atoms with Crippen molar-refractivity contribution in [2.24, 2.45) is 0 Å². The molecule has 0 amide bonds. The van der Waals surface area contributed by atoms with Gasteiger partial charge in [0.2, 0.25) is 0 Å². The van der Waals surface area contributed by atoms with Crippen LogP contribution in [0.4, 0.5) is 13.2 Å². The van der Waals surface area contributed by atoms with Gasteiger partial charge in [-0.2, -0.15) is 0 Å². The first-order valence-electron chi connectivity index (χ1n) is 5.08. The van der Waals surface area contributed by atoms with E-state index >= 15 is 0 Å². The highest BCUT2D eigenvalue weighted by Crippen LogP contribution is 2.26. The van der Waals surface area contributed by atoms with Gasteiger partial charge in [-0.05, 0) is 40.2 Å². The molecule has 0 aliphatic carbocycles. The zero-order valence-corrected chi connectivity index (χ0v) is 10.7. The van der Waals surface area contributed by atoms with Gasteiger partial charge in [0.1, 0.15) is 29.8 Å². The van der Waals surface area contributed by atoms with Gasteiger partial charge < -0.3 is 4.74 Å². The third-order valence-corrected chi connectivity index (χ3v) is 2.95. The third-order valence-electron chi connectivity index (χ3n) is 2.29. The maximum atomic E-state index is 13.3. The van der Waals surface area contributed by atoms with Crippen LogP contribution in [0.3, 0.4) is 0 Å². The molecule has 0 aliphatic rings. The van der Waals surface area contributed by atoms with Crippen molar-refractivity contribution in [1.29, 1.82) is 0 Å². The Hall–Kier alpha value is -1.49. The summed E-state index contributed by atoms with van der Waals surface area (Å²) in [7, 11) is 0. The van der Waals surface area contributed by atoms with Crippen molar-refractivity contribution in [2.45, 2.75) is 6.61 Å². The Morgan fingerprint density at radius 3 is 2.33 bits per heavy atom. The van der Waals surface area contributed by atoms with Crippen LogP contribution < -0.4 is 4.74 Å². The molecule has 0 radical (unpaired) electrons. The Morgan fingerprint density at radius 2 is 1.61 bits per heavy atom. The average Bonchev–Trinajstić information content (AvgIpc) is 2.32. The highest BCUT2D eigenvalue weighted by Gasteiger charge is 2.07. The Balaban J connectivity index is 2.13. The Morgan fingerprint density at radius 1 is 0.944 bits per heavy atom. The van der Waals surface area contributed by atoms with Crippen LogP contribution in [0.25, 0.3) is 0 Å². The van der Waals surface area contributed by atoms with Crippen molar-refractivity contribution in [3.8, 4) is 5.75 Å². The first-order chi connectivity index (χ1) is 8.56. The van der Waals surface area contributed by atoms with Crippen LogP contribution >= 0.6 is 15.9 Å². The molecule has 0 aromatic heterocycles. The molecular weight excluding hydrogens is 309 g/mol. The normalized spacial score (nSPS) is 10.4. The molecular formula is C13H8BrF3O. The molecule has 0 aliphatic heterocycles. The van der Waals surface area contributed by atoms with Crippen molar-refractivity contribution in [3.63, 3.8) is 0 Å². The van der Waals surface area contributed by atoms with E-state index in [1.54, 1.807) is 0 Å². The molecule has 0 N–H and O–H groups in total. The van der Waals surface area contributed by atoms with Gasteiger partial charge >= 0.3 is 0 Å². The predicted octanol–water partition coefficient (Wildman–Crippen LogP) is 4.45. The van der Waals surface area contributed by atoms with Crippen molar-refractivity contribution in [1.82, 2.24) is 0 Å². The van der Waals surface area contributed by atoms with E-state index in [1.807, 2.05) is 0 Å². The SMILES string of the molecule is Fc1ccc(COc2cc(F)ccc2Br)c(F)c1. The molecule has 0 bridgehead atoms. The molecule has 5 heteroatoms. The fraction of sp³-hybridized carbons (Fsp3) is 0.0769. The molecule has 18 heavy (non-hydrogen) atoms. The van der Waals surface area contributed by atoms with E-state index in [0.29, 0.717) is 4.47 Å². The van der Waals surface area contributed by atoms with Gasteiger partial charge in [0.15, 0.2) is 0 Å². The maximum absolute atomic E-state index is 13.3. The molecule has 0 spiro atoms. The van der Waals surface area contributed by atoms with E-state index in [1.165, 1.54) is 24.3 Å². The summed E-state index contributed by atoms with van der Waals surface area (Å²) in [6.07, 6.45) is 0. The number of hydrogen-bond acceptors (Lipinski definition) is 1. The summed E-state index contributed by atoms with van der Waals surface area (Å²) in [4.78, 5) is 0. The van der Waals surface area contributed by atoms with Crippen LogP contribution in [0, 0.1) is 17.5 Å². The van der Waals surface area contributed by atoms with Crippen LogP contribution in [0.15, 0.2) is 40.9 Å². The fourth-order valence-electron chi connectivity index (χ4n) is 1.38. The molecule has 94 valence electrons. The number of ether oxygens (including phenoxy) is 1. The quantitative estimate of drug-likeness (QED) is 0.813. The monoisotopic (exact) mass is 316 g/mol. The molecule has 1 nitrogen and oxygen atoms in total. The highest BCUT2D eigenvalue weighted by molar-refractivity contribution is 9.10. The molecule has 2 rings (SSSR count). The molecule has 0 saturated carbocycles. The predicted molar refractivity (Wildman–Crippen MR) is 64.8 cm³/mol. The van der Waals surface area contributed by atoms with Gasteiger partial charge in [-0.15, -0.1) is 0 Å². The lowest BCUT2D eigenvalue weighted by molar-refractivity contribution is 0.296. The van der Waals surface area contributed by atoms with E-state index in [4.69, 9.17) is 4.74 Å². The second-order valence-electron chi connectivity index (χ2n) is 3.60. The lowest BCUT2D eigenvalue weighted by Gasteiger charge is -2.09. The zero-order valence-electron chi connectivity index (χ0n) is 9.09. The summed E-state index contributed by atoms with van der Waals surface area (Å²) in [5, 5.41) is 0. The van der Waals surface area contributed by atoms with E-state index in [0.717, 1.165) is 12.1 Å². The molecule has 0 heterocycles. The van der Waals surface area contributed by atoms with Crippen molar-refractivity contribution >= 4 is 15.9 Å². The molecule has 0 saturated heterocycles. The number of benzene rings is 2. The average molecular weight is 317 g/mol. The lowest BCUT2D eigenvalue weighted by atomic mass is 10.2. The second-order valence-corrected chi connectivity index (χ2v) is 4.45. The summed E-state index contributed by atoms with van der Waals surface area (Å²) >= 11 is 3.19. The van der Waals surface area contributed by atoms with Gasteiger partial charge in [-0.25, -0.2) is 13.2 Å². The first kappa shape index (κ1) is 13.0. The van der Waals surface area contributed by atoms with Crippen LogP contribution in [0.1, 0.15) is 5.56 Å². The summed E-state index contributed by atoms with van der Waals surface area (Å²) in [6.45, 7) is -0.103. The molecule has 2 aromatic carbocycles. The minimum Gasteiger partial charge on any atom is -0.488 e. The number of halogens is 4. The largest absolute Gasteiger partial charge is 0.488 e. The molecule has 0 fully saturated rings. The standard InChI is InChI=1S/C13H8BrF3O/c14-11-4-3-10(16)6-13(11)18-7-8-1-2-9(15)5-12(8)17/h1-6H,7H2. The minimum absolute atomic E-state index is 0.103. The molecule has 2 aromatic rings. The summed E-state index contributed by atoms with van der Waals surface area (Å²) in [6, 6.07) is 7.16. The van der Waals surface area contributed by atoms with Crippen molar-refractivity contribution in [3.05, 3.63) is 63.9 Å². The first-order valence-corrected chi connectivity index (χ1v) is 5.87. The van der Waals surface area contributed by atoms with E-state index < -0.39 is 17.5 Å². The van der Waals surface area contributed by atoms with Crippen molar-refractivity contribution in [2.75, 3.05) is 0 Å². The van der Waals surface area contributed by atoms with Gasteiger partial charge in [-0.3, -0.25) is 0 Å². The number of rotatable bonds is 3. The van der Waals surface area contributed by atoms with E-state index in [-0.39, 0.29) is 17.9 Å². The van der Waals surface area contributed by atoms with Gasteiger partial charge in [0, 0.05) is 17.7 Å². The number of hydrogen-bond donors (Lipinski definition) is 0. The molecule has 0 atom stereocenters. The van der Waals surface area contributed by atoms with Crippen LogP contribution in [0.5, 0.6) is 5.75 Å². The summed E-state index contributed by atoms with van der Waals surface area (Å²) in [5.41, 5.74) is 0.201. The second kappa shape index (κ2) is 5.44. The van der Waals surface area contributed by atoms with Gasteiger partial charge in [0.25, 0.3) is 0 Å². The lowest BCUT2D eigenvalue weighted by Crippen LogP contribution is -1.99. The smallest absolute Gasteiger partial charge is 0.136 e. The zero-order chi connectivity index (χ0) is 13.1. The molecule has 0 unspecified atom stereocenters. The van der Waals surface area contributed by atoms with Crippen LogP contribution in [-0.2, 0) is 6.61 Å². The Labute approximate surface area is 110 Å². The fourth-order valence-corrected chi connectivity index (χ4v) is 1.74. The minimum atomic E-state index is -0.692. The van der Waals surface area contributed by atoms with E-state index in [2.05, 4.69) is 15.9 Å². The van der Waals surface area contributed by atoms with Crippen LogP contribution in [-0.4, -0.2) is 0 Å². The van der Waals surface area contributed by atoms with Crippen LogP contribution in [0.2, 0.25) is 0 Å². The maximum Gasteiger partial charge on any atom is 0.136 e. The summed E-state index contributed by atoms with van der Waals surface area (Å²) in [5.74, 6) is -1.53. The topological polar surface area (TPSA) is 9.23 Å². The highest BCUT2D eigenvalue weighted by atomic mass is 79.9. The van der Waals surface area contributed by atoms with E-state index in [9.17, 15) is 13.2 Å². The van der Waals surface area contributed by atoms with Gasteiger partial charge in [-0.1, -0.05) is 0 Å². The Kier molecular flexibility index (Phi) is 3.91. The van der Waals surface area contributed by atoms with Crippen molar-refractivity contribution < 1.29 is 17.9 Å². The third kappa shape index (κ3) is 3.04. The van der Waals surface area contributed by atoms with Gasteiger partial charge in [0.05, 0.1) is 4.47 Å². The Bertz CT molecular complexity index is 572. The summed E-state index contributed by atoms with van der Waals surface area (Å²) < 4.78 is 44.8.